The summed E-state index contributed by atoms with van der Waals surface area (Å²) in [5.74, 6) is -0.225. The Labute approximate surface area is 162 Å². The molecule has 3 rings (SSSR count). The molecule has 7 heteroatoms. The summed E-state index contributed by atoms with van der Waals surface area (Å²) < 4.78 is 29.6. The molecule has 1 aromatic rings. The van der Waals surface area contributed by atoms with Gasteiger partial charge >= 0.3 is 0 Å². The van der Waals surface area contributed by atoms with Crippen LogP contribution in [0.25, 0.3) is 0 Å². The van der Waals surface area contributed by atoms with Crippen LogP contribution >= 0.6 is 0 Å². The summed E-state index contributed by atoms with van der Waals surface area (Å²) in [4.78, 5) is 13.0. The van der Waals surface area contributed by atoms with Crippen molar-refractivity contribution in [1.29, 1.82) is 0 Å². The highest BCUT2D eigenvalue weighted by atomic mass is 28.4. The number of hydrogen-bond donors (Lipinski definition) is 0. The molecule has 5 atom stereocenters. The zero-order valence-corrected chi connectivity index (χ0v) is 17.9. The first kappa shape index (κ1) is 20.6. The predicted molar refractivity (Wildman–Crippen MR) is 103 cm³/mol. The van der Waals surface area contributed by atoms with Crippen LogP contribution in [-0.2, 0) is 28.2 Å². The van der Waals surface area contributed by atoms with E-state index >= 15 is 0 Å². The lowest BCUT2D eigenvalue weighted by Crippen LogP contribution is -2.63. The number of carbonyl (C=O) groups excluding carboxylic acids is 1. The number of hydrogen-bond acceptors (Lipinski definition) is 6. The topological polar surface area (TPSA) is 63.2 Å². The summed E-state index contributed by atoms with van der Waals surface area (Å²) in [6.07, 6.45) is -3.18. The largest absolute Gasteiger partial charge is 0.404 e. The van der Waals surface area contributed by atoms with Crippen molar-refractivity contribution in [3.8, 4) is 0 Å². The van der Waals surface area contributed by atoms with E-state index in [1.807, 2.05) is 30.3 Å². The van der Waals surface area contributed by atoms with Crippen molar-refractivity contribution in [1.82, 2.24) is 0 Å². The summed E-state index contributed by atoms with van der Waals surface area (Å²) in [7, 11) is -0.745. The van der Waals surface area contributed by atoms with Crippen LogP contribution in [0.3, 0.4) is 0 Å². The molecule has 150 valence electrons. The third-order valence-corrected chi connectivity index (χ3v) is 10.1. The fraction of sp³-hybridized carbons (Fsp3) is 0.650. The van der Waals surface area contributed by atoms with E-state index in [0.29, 0.717) is 6.61 Å². The van der Waals surface area contributed by atoms with E-state index in [1.165, 1.54) is 7.11 Å². The van der Waals surface area contributed by atoms with Gasteiger partial charge < -0.3 is 23.4 Å². The Kier molecular flexibility index (Phi) is 5.91. The predicted octanol–water partition coefficient (Wildman–Crippen LogP) is 3.43. The average Bonchev–Trinajstić information content (AvgIpc) is 2.63. The van der Waals surface area contributed by atoms with Gasteiger partial charge in [0.25, 0.3) is 0 Å². The van der Waals surface area contributed by atoms with Gasteiger partial charge in [-0.2, -0.15) is 0 Å². The van der Waals surface area contributed by atoms with Crippen LogP contribution in [0.5, 0.6) is 0 Å². The summed E-state index contributed by atoms with van der Waals surface area (Å²) in [5.41, 5.74) is 0.906. The molecule has 2 aliphatic heterocycles. The average molecular weight is 395 g/mol. The molecule has 27 heavy (non-hydrogen) atoms. The molecule has 1 aromatic carbocycles. The quantitative estimate of drug-likeness (QED) is 0.729. The number of ether oxygens (including phenoxy) is 4. The fourth-order valence-electron chi connectivity index (χ4n) is 3.03. The van der Waals surface area contributed by atoms with Gasteiger partial charge in [0.05, 0.1) is 6.61 Å². The minimum atomic E-state index is -2.21. The normalized spacial score (nSPS) is 32.2. The maximum absolute atomic E-state index is 13.0. The van der Waals surface area contributed by atoms with Gasteiger partial charge in [-0.05, 0) is 18.1 Å². The van der Waals surface area contributed by atoms with Crippen LogP contribution in [0.2, 0.25) is 18.1 Å². The third kappa shape index (κ3) is 4.18. The number of Topliss-reactive ketones (excluding diaryl/α,β-unsaturated/α-hetero) is 1. The molecule has 2 aliphatic rings. The standard InChI is InChI=1S/C20H30O6Si/c1-20(2,3)27(5,6)26-17-15(21)19(22-4)24-14-12-23-18(25-16(14)17)13-10-8-7-9-11-13/h7-11,14,16-19H,12H2,1-6H3/t14-,16-,17-,18-,19+/m1/s1. The Morgan fingerprint density at radius 3 is 2.37 bits per heavy atom. The summed E-state index contributed by atoms with van der Waals surface area (Å²) in [5, 5.41) is -0.0341. The van der Waals surface area contributed by atoms with E-state index in [4.69, 9.17) is 23.4 Å². The second-order valence-corrected chi connectivity index (χ2v) is 13.4. The molecule has 2 saturated heterocycles. The number of rotatable bonds is 4. The first-order chi connectivity index (χ1) is 12.6. The second kappa shape index (κ2) is 7.73. The lowest BCUT2D eigenvalue weighted by atomic mass is 9.99. The van der Waals surface area contributed by atoms with E-state index in [2.05, 4.69) is 33.9 Å². The maximum Gasteiger partial charge on any atom is 0.220 e. The number of fused-ring (bicyclic) bond motifs is 1. The Hall–Kier alpha value is -1.09. The van der Waals surface area contributed by atoms with Crippen molar-refractivity contribution in [3.63, 3.8) is 0 Å². The molecule has 0 aromatic heterocycles. The van der Waals surface area contributed by atoms with Gasteiger partial charge in [-0.25, -0.2) is 0 Å². The maximum atomic E-state index is 13.0. The Balaban J connectivity index is 1.86. The highest BCUT2D eigenvalue weighted by Crippen LogP contribution is 2.41. The first-order valence-corrected chi connectivity index (χ1v) is 12.3. The second-order valence-electron chi connectivity index (χ2n) is 8.62. The molecule has 0 N–H and O–H groups in total. The van der Waals surface area contributed by atoms with Crippen molar-refractivity contribution >= 4 is 14.1 Å². The first-order valence-electron chi connectivity index (χ1n) is 9.36. The van der Waals surface area contributed by atoms with Crippen LogP contribution in [0.4, 0.5) is 0 Å². The molecular formula is C20H30O6Si. The molecule has 0 radical (unpaired) electrons. The SMILES string of the molecule is CO[C@H]1O[C@@H]2CO[C@@H](c3ccccc3)O[C@H]2[C@H](O[Si](C)(C)C(C)(C)C)C1=O. The lowest BCUT2D eigenvalue weighted by Gasteiger charge is -2.48. The van der Waals surface area contributed by atoms with Crippen LogP contribution in [-0.4, -0.2) is 52.4 Å². The van der Waals surface area contributed by atoms with Gasteiger partial charge in [0.2, 0.25) is 12.1 Å². The zero-order valence-electron chi connectivity index (χ0n) is 16.9. The van der Waals surface area contributed by atoms with Crippen molar-refractivity contribution < 1.29 is 28.2 Å². The number of methoxy groups -OCH3 is 1. The van der Waals surface area contributed by atoms with Gasteiger partial charge in [0.1, 0.15) is 18.3 Å². The molecule has 2 heterocycles. The highest BCUT2D eigenvalue weighted by Gasteiger charge is 2.53. The Bertz CT molecular complexity index is 656. The minimum Gasteiger partial charge on any atom is -0.404 e. The number of ketones is 1. The lowest BCUT2D eigenvalue weighted by molar-refractivity contribution is -0.315. The van der Waals surface area contributed by atoms with Crippen LogP contribution in [0.15, 0.2) is 30.3 Å². The Morgan fingerprint density at radius 2 is 1.78 bits per heavy atom. The van der Waals surface area contributed by atoms with Gasteiger partial charge in [0.15, 0.2) is 14.6 Å². The van der Waals surface area contributed by atoms with Crippen LogP contribution in [0.1, 0.15) is 32.6 Å². The van der Waals surface area contributed by atoms with Crippen LogP contribution in [0, 0.1) is 0 Å². The summed E-state index contributed by atoms with van der Waals surface area (Å²) >= 11 is 0. The molecule has 0 spiro atoms. The summed E-state index contributed by atoms with van der Waals surface area (Å²) in [6, 6.07) is 9.69. The van der Waals surface area contributed by atoms with E-state index in [0.717, 1.165) is 5.56 Å². The smallest absolute Gasteiger partial charge is 0.220 e. The van der Waals surface area contributed by atoms with Crippen molar-refractivity contribution in [2.45, 2.75) is 69.8 Å². The molecule has 6 nitrogen and oxygen atoms in total. The molecule has 0 bridgehead atoms. The minimum absolute atomic E-state index is 0.0341. The third-order valence-electron chi connectivity index (χ3n) is 5.68. The van der Waals surface area contributed by atoms with Crippen molar-refractivity contribution in [2.24, 2.45) is 0 Å². The molecule has 0 unspecified atom stereocenters. The van der Waals surface area contributed by atoms with Crippen molar-refractivity contribution in [2.75, 3.05) is 13.7 Å². The number of benzene rings is 1. The summed E-state index contributed by atoms with van der Waals surface area (Å²) in [6.45, 7) is 11.0. The van der Waals surface area contributed by atoms with E-state index in [9.17, 15) is 4.79 Å². The highest BCUT2D eigenvalue weighted by molar-refractivity contribution is 6.74. The Morgan fingerprint density at radius 1 is 1.11 bits per heavy atom. The van der Waals surface area contributed by atoms with E-state index in [1.54, 1.807) is 0 Å². The van der Waals surface area contributed by atoms with Crippen LogP contribution < -0.4 is 0 Å². The molecule has 0 aliphatic carbocycles. The molecule has 2 fully saturated rings. The fourth-order valence-corrected chi connectivity index (χ4v) is 4.27. The van der Waals surface area contributed by atoms with Gasteiger partial charge in [-0.1, -0.05) is 51.1 Å². The van der Waals surface area contributed by atoms with E-state index < -0.39 is 39.2 Å². The van der Waals surface area contributed by atoms with Crippen molar-refractivity contribution in [3.05, 3.63) is 35.9 Å². The number of carbonyl (C=O) groups is 1. The van der Waals surface area contributed by atoms with Gasteiger partial charge in [-0.3, -0.25) is 4.79 Å². The van der Waals surface area contributed by atoms with E-state index in [-0.39, 0.29) is 10.8 Å². The monoisotopic (exact) mass is 394 g/mol. The molecule has 0 amide bonds. The molecule has 0 saturated carbocycles. The molecular weight excluding hydrogens is 364 g/mol. The van der Waals surface area contributed by atoms with Gasteiger partial charge in [-0.15, -0.1) is 0 Å². The zero-order chi connectivity index (χ0) is 19.8. The van der Waals surface area contributed by atoms with Gasteiger partial charge in [0, 0.05) is 12.7 Å².